The molecule has 0 fully saturated rings. The third-order valence-electron chi connectivity index (χ3n) is 6.30. The first-order chi connectivity index (χ1) is 15.5. The van der Waals surface area contributed by atoms with Gasteiger partial charge in [0.2, 0.25) is 0 Å². The summed E-state index contributed by atoms with van der Waals surface area (Å²) in [5.74, 6) is -0.971. The average molecular weight is 439 g/mol. The van der Waals surface area contributed by atoms with E-state index in [-0.39, 0.29) is 11.1 Å². The number of imidazole rings is 1. The smallest absolute Gasteiger partial charge is 0.331 e. The number of hydrogen-bond acceptors (Lipinski definition) is 4. The lowest BCUT2D eigenvalue weighted by Crippen LogP contribution is -2.14. The minimum atomic E-state index is -0.971. The Hall–Kier alpha value is -3.77. The molecule has 3 aromatic carbocycles. The fraction of sp³-hybridized carbons (Fsp3) is 0.115. The molecule has 32 heavy (non-hydrogen) atoms. The van der Waals surface area contributed by atoms with E-state index in [0.717, 1.165) is 26.2 Å². The Bertz CT molecular complexity index is 1820. The maximum absolute atomic E-state index is 13.6. The number of rotatable bonds is 3. The number of aryl methyl sites for hydroxylation is 1. The molecule has 3 aromatic heterocycles. The normalized spacial score (nSPS) is 12.8. The maximum atomic E-state index is 13.6. The van der Waals surface area contributed by atoms with Gasteiger partial charge in [-0.2, -0.15) is 0 Å². The monoisotopic (exact) mass is 438 g/mol. The van der Waals surface area contributed by atoms with E-state index in [1.807, 2.05) is 37.3 Å². The molecule has 6 aromatic rings. The number of hydrogen-bond donors (Lipinski definition) is 1. The number of carboxylic acids is 1. The van der Waals surface area contributed by atoms with Gasteiger partial charge in [0.15, 0.2) is 0 Å². The standard InChI is InChI=1S/C26H18N2O3S/c1-3-14(26(30)31)12-19-13(2)28-24(27-19)17-10-11-21-23-16(8-9-18(22(17)23)25(28)29)15-6-4-5-7-20(15)32-21/h4-12H,3H2,1-2H3,(H,30,31)/b14-12+. The summed E-state index contributed by atoms with van der Waals surface area (Å²) in [5, 5.41) is 15.3. The number of nitrogens with zero attached hydrogens (tertiary/aromatic N) is 2. The largest absolute Gasteiger partial charge is 0.478 e. The zero-order chi connectivity index (χ0) is 22.1. The second-order valence-electron chi connectivity index (χ2n) is 8.00. The number of carbonyl (C=O) groups is 1. The fourth-order valence-corrected chi connectivity index (χ4v) is 5.84. The molecule has 0 radical (unpaired) electrons. The summed E-state index contributed by atoms with van der Waals surface area (Å²) < 4.78 is 3.95. The van der Waals surface area contributed by atoms with Crippen molar-refractivity contribution in [3.05, 3.63) is 75.8 Å². The van der Waals surface area contributed by atoms with Gasteiger partial charge in [0, 0.05) is 36.5 Å². The highest BCUT2D eigenvalue weighted by molar-refractivity contribution is 7.25. The summed E-state index contributed by atoms with van der Waals surface area (Å²) in [6, 6.07) is 16.4. The van der Waals surface area contributed by atoms with E-state index in [2.05, 4.69) is 18.2 Å². The van der Waals surface area contributed by atoms with Crippen molar-refractivity contribution < 1.29 is 9.90 Å². The van der Waals surface area contributed by atoms with Crippen LogP contribution in [0.25, 0.3) is 53.4 Å². The summed E-state index contributed by atoms with van der Waals surface area (Å²) in [6.45, 7) is 3.61. The van der Waals surface area contributed by atoms with Crippen LogP contribution in [-0.4, -0.2) is 20.5 Å². The Balaban J connectivity index is 1.82. The predicted molar refractivity (Wildman–Crippen MR) is 131 cm³/mol. The highest BCUT2D eigenvalue weighted by Gasteiger charge is 2.20. The lowest BCUT2D eigenvalue weighted by Gasteiger charge is -2.13. The average Bonchev–Trinajstić information content (AvgIpc) is 3.13. The van der Waals surface area contributed by atoms with Gasteiger partial charge in [-0.15, -0.1) is 11.3 Å². The summed E-state index contributed by atoms with van der Waals surface area (Å²) in [6.07, 6.45) is 1.96. The van der Waals surface area contributed by atoms with Gasteiger partial charge in [-0.05, 0) is 54.5 Å². The van der Waals surface area contributed by atoms with Crippen molar-refractivity contribution in [2.24, 2.45) is 0 Å². The van der Waals surface area contributed by atoms with E-state index in [1.165, 1.54) is 10.1 Å². The zero-order valence-electron chi connectivity index (χ0n) is 17.5. The molecular weight excluding hydrogens is 420 g/mol. The second-order valence-corrected chi connectivity index (χ2v) is 9.08. The number of aromatic nitrogens is 2. The minimum absolute atomic E-state index is 0.127. The molecule has 0 saturated carbocycles. The molecule has 0 atom stereocenters. The van der Waals surface area contributed by atoms with Crippen molar-refractivity contribution in [3.63, 3.8) is 0 Å². The number of carboxylic acid groups (broad SMARTS) is 1. The van der Waals surface area contributed by atoms with Gasteiger partial charge in [-0.1, -0.05) is 31.2 Å². The topological polar surface area (TPSA) is 71.7 Å². The lowest BCUT2D eigenvalue weighted by atomic mass is 9.97. The summed E-state index contributed by atoms with van der Waals surface area (Å²) >= 11 is 1.72. The Morgan fingerprint density at radius 3 is 2.53 bits per heavy atom. The molecule has 0 amide bonds. The zero-order valence-corrected chi connectivity index (χ0v) is 18.3. The van der Waals surface area contributed by atoms with Crippen LogP contribution in [0, 0.1) is 6.92 Å². The van der Waals surface area contributed by atoms with Crippen LogP contribution in [0.4, 0.5) is 0 Å². The summed E-state index contributed by atoms with van der Waals surface area (Å²) in [7, 11) is 0. The highest BCUT2D eigenvalue weighted by Crippen LogP contribution is 2.41. The van der Waals surface area contributed by atoms with Gasteiger partial charge < -0.3 is 5.11 Å². The van der Waals surface area contributed by atoms with E-state index in [9.17, 15) is 14.7 Å². The van der Waals surface area contributed by atoms with Crippen LogP contribution in [0.3, 0.4) is 0 Å². The summed E-state index contributed by atoms with van der Waals surface area (Å²) in [5.41, 5.74) is 1.87. The first kappa shape index (κ1) is 19.0. The molecule has 0 aliphatic carbocycles. The summed E-state index contributed by atoms with van der Waals surface area (Å²) in [4.78, 5) is 29.8. The molecule has 0 unspecified atom stereocenters. The maximum Gasteiger partial charge on any atom is 0.331 e. The predicted octanol–water partition coefficient (Wildman–Crippen LogP) is 5.99. The lowest BCUT2D eigenvalue weighted by molar-refractivity contribution is -0.132. The second kappa shape index (κ2) is 6.61. The van der Waals surface area contributed by atoms with Crippen LogP contribution in [-0.2, 0) is 4.79 Å². The van der Waals surface area contributed by atoms with E-state index in [1.54, 1.807) is 28.7 Å². The van der Waals surface area contributed by atoms with Crippen LogP contribution in [0.2, 0.25) is 0 Å². The Kier molecular flexibility index (Phi) is 3.92. The molecule has 3 heterocycles. The van der Waals surface area contributed by atoms with Gasteiger partial charge in [0.1, 0.15) is 5.65 Å². The van der Waals surface area contributed by atoms with Gasteiger partial charge in [-0.25, -0.2) is 9.78 Å². The molecule has 6 heteroatoms. The van der Waals surface area contributed by atoms with Gasteiger partial charge in [-0.3, -0.25) is 9.20 Å². The van der Waals surface area contributed by atoms with Crippen LogP contribution in [0.5, 0.6) is 0 Å². The van der Waals surface area contributed by atoms with Crippen LogP contribution in [0.15, 0.2) is 58.9 Å². The van der Waals surface area contributed by atoms with Crippen molar-refractivity contribution in [1.82, 2.24) is 9.38 Å². The molecule has 1 N–H and O–H groups in total. The number of benzene rings is 3. The van der Waals surface area contributed by atoms with Crippen molar-refractivity contribution >= 4 is 70.7 Å². The van der Waals surface area contributed by atoms with Crippen molar-refractivity contribution in [1.29, 1.82) is 0 Å². The number of pyridine rings is 1. The first-order valence-electron chi connectivity index (χ1n) is 10.4. The molecular formula is C26H18N2O3S. The minimum Gasteiger partial charge on any atom is -0.478 e. The molecule has 156 valence electrons. The Morgan fingerprint density at radius 1 is 1.00 bits per heavy atom. The van der Waals surface area contributed by atoms with E-state index in [4.69, 9.17) is 4.98 Å². The van der Waals surface area contributed by atoms with E-state index < -0.39 is 5.97 Å². The molecule has 0 spiro atoms. The van der Waals surface area contributed by atoms with E-state index in [0.29, 0.717) is 28.8 Å². The SMILES string of the molecule is CC/C(=C\c1nc2c3ccc4sc5ccccc5c5ccc(c(=O)n2c1C)c3c45)C(=O)O. The molecule has 5 nitrogen and oxygen atoms in total. The quantitative estimate of drug-likeness (QED) is 0.209. The first-order valence-corrected chi connectivity index (χ1v) is 11.3. The fourth-order valence-electron chi connectivity index (χ4n) is 4.72. The highest BCUT2D eigenvalue weighted by atomic mass is 32.1. The number of aliphatic carboxylic acids is 1. The third-order valence-corrected chi connectivity index (χ3v) is 7.44. The van der Waals surface area contributed by atoms with Gasteiger partial charge in [0.05, 0.1) is 11.4 Å². The van der Waals surface area contributed by atoms with Crippen LogP contribution >= 0.6 is 11.3 Å². The molecule has 0 saturated heterocycles. The van der Waals surface area contributed by atoms with Crippen LogP contribution < -0.4 is 5.56 Å². The molecule has 0 bridgehead atoms. The van der Waals surface area contributed by atoms with Gasteiger partial charge >= 0.3 is 5.97 Å². The van der Waals surface area contributed by atoms with Crippen LogP contribution in [0.1, 0.15) is 24.7 Å². The Morgan fingerprint density at radius 2 is 1.75 bits per heavy atom. The number of fused-ring (bicyclic) bond motifs is 4. The van der Waals surface area contributed by atoms with Crippen molar-refractivity contribution in [2.75, 3.05) is 0 Å². The van der Waals surface area contributed by atoms with E-state index >= 15 is 0 Å². The van der Waals surface area contributed by atoms with Gasteiger partial charge in [0.25, 0.3) is 5.56 Å². The third kappa shape index (κ3) is 2.41. The van der Waals surface area contributed by atoms with Crippen molar-refractivity contribution in [3.8, 4) is 0 Å². The van der Waals surface area contributed by atoms with Crippen molar-refractivity contribution in [2.45, 2.75) is 20.3 Å². The Labute approximate surface area is 186 Å². The molecule has 0 aliphatic heterocycles. The molecule has 6 rings (SSSR count). The molecule has 0 aliphatic rings.